The molecule has 0 aliphatic heterocycles. The van der Waals surface area contributed by atoms with E-state index in [0.29, 0.717) is 11.6 Å². The molecule has 0 bridgehead atoms. The van der Waals surface area contributed by atoms with E-state index in [2.05, 4.69) is 9.97 Å². The van der Waals surface area contributed by atoms with Gasteiger partial charge in [-0.1, -0.05) is 0 Å². The monoisotopic (exact) mass is 276 g/mol. The Kier molecular flexibility index (Phi) is 4.06. The topological polar surface area (TPSA) is 113 Å². The summed E-state index contributed by atoms with van der Waals surface area (Å²) in [4.78, 5) is 18.1. The van der Waals surface area contributed by atoms with Crippen molar-refractivity contribution in [3.63, 3.8) is 0 Å². The molecule has 0 aliphatic rings. The van der Waals surface area contributed by atoms with Crippen LogP contribution in [0.1, 0.15) is 5.82 Å². The third-order valence-electron chi connectivity index (χ3n) is 2.31. The van der Waals surface area contributed by atoms with Crippen LogP contribution in [0.15, 0.2) is 30.3 Å². The van der Waals surface area contributed by atoms with Crippen molar-refractivity contribution in [2.45, 2.75) is 6.61 Å². The molecule has 2 aromatic rings. The molecule has 8 nitrogen and oxygen atoms in total. The number of nitro benzene ring substituents is 1. The number of benzene rings is 1. The maximum Gasteiger partial charge on any atom is 0.269 e. The number of nitrogens with zero attached hydrogens (tertiary/aromatic N) is 3. The number of nitrogen functional groups attached to an aromatic ring is 1. The highest BCUT2D eigenvalue weighted by atomic mass is 16.6. The molecular formula is C12H12N4O4. The third kappa shape index (κ3) is 3.39. The van der Waals surface area contributed by atoms with Crippen LogP contribution in [0.5, 0.6) is 11.6 Å². The van der Waals surface area contributed by atoms with Gasteiger partial charge in [-0.2, -0.15) is 4.98 Å². The quantitative estimate of drug-likeness (QED) is 0.655. The van der Waals surface area contributed by atoms with Gasteiger partial charge < -0.3 is 15.2 Å². The average Bonchev–Trinajstić information content (AvgIpc) is 2.39. The molecule has 2 N–H and O–H groups in total. The van der Waals surface area contributed by atoms with E-state index in [1.165, 1.54) is 37.4 Å². The van der Waals surface area contributed by atoms with Gasteiger partial charge in [0, 0.05) is 25.3 Å². The van der Waals surface area contributed by atoms with Gasteiger partial charge in [-0.15, -0.1) is 0 Å². The van der Waals surface area contributed by atoms with Gasteiger partial charge in [-0.3, -0.25) is 10.1 Å². The molecule has 8 heteroatoms. The first kappa shape index (κ1) is 13.7. The predicted octanol–water partition coefficient (Wildman–Crippen LogP) is 1.91. The Labute approximate surface area is 114 Å². The van der Waals surface area contributed by atoms with Crippen LogP contribution in [0, 0.1) is 10.1 Å². The largest absolute Gasteiger partial charge is 0.439 e. The van der Waals surface area contributed by atoms with Crippen molar-refractivity contribution in [2.75, 3.05) is 12.8 Å². The third-order valence-corrected chi connectivity index (χ3v) is 2.31. The highest BCUT2D eigenvalue weighted by Crippen LogP contribution is 2.23. The van der Waals surface area contributed by atoms with Gasteiger partial charge in [0.2, 0.25) is 5.88 Å². The number of nitro groups is 1. The highest BCUT2D eigenvalue weighted by Gasteiger charge is 2.07. The second-order valence-electron chi connectivity index (χ2n) is 3.83. The van der Waals surface area contributed by atoms with Crippen molar-refractivity contribution >= 4 is 11.5 Å². The molecule has 0 spiro atoms. The lowest BCUT2D eigenvalue weighted by molar-refractivity contribution is -0.384. The molecule has 1 heterocycles. The highest BCUT2D eigenvalue weighted by molar-refractivity contribution is 5.39. The van der Waals surface area contributed by atoms with Crippen LogP contribution in [0.3, 0.4) is 0 Å². The number of anilines is 1. The predicted molar refractivity (Wildman–Crippen MR) is 70.3 cm³/mol. The molecule has 0 fully saturated rings. The SMILES string of the molecule is COCc1nc(N)cc(Oc2ccc([N+](=O)[O-])cc2)n1. The van der Waals surface area contributed by atoms with E-state index >= 15 is 0 Å². The summed E-state index contributed by atoms with van der Waals surface area (Å²) in [5, 5.41) is 10.5. The van der Waals surface area contributed by atoms with Crippen molar-refractivity contribution < 1.29 is 14.4 Å². The summed E-state index contributed by atoms with van der Waals surface area (Å²) in [6, 6.07) is 7.10. The van der Waals surface area contributed by atoms with Gasteiger partial charge in [0.05, 0.1) is 4.92 Å². The number of non-ortho nitro benzene ring substituents is 1. The molecule has 0 atom stereocenters. The molecule has 1 aromatic carbocycles. The zero-order chi connectivity index (χ0) is 14.5. The smallest absolute Gasteiger partial charge is 0.269 e. The van der Waals surface area contributed by atoms with E-state index in [9.17, 15) is 10.1 Å². The lowest BCUT2D eigenvalue weighted by atomic mass is 10.3. The molecule has 1 aromatic heterocycles. The Balaban J connectivity index is 2.18. The Morgan fingerprint density at radius 3 is 2.60 bits per heavy atom. The van der Waals surface area contributed by atoms with E-state index in [1.54, 1.807) is 0 Å². The molecule has 0 amide bonds. The lowest BCUT2D eigenvalue weighted by Crippen LogP contribution is -2.02. The van der Waals surface area contributed by atoms with Gasteiger partial charge in [0.15, 0.2) is 5.82 Å². The summed E-state index contributed by atoms with van der Waals surface area (Å²) in [7, 11) is 1.52. The molecule has 20 heavy (non-hydrogen) atoms. The number of hydrogen-bond donors (Lipinski definition) is 1. The van der Waals surface area contributed by atoms with Crippen LogP contribution in [0.4, 0.5) is 11.5 Å². The normalized spacial score (nSPS) is 10.2. The van der Waals surface area contributed by atoms with E-state index in [-0.39, 0.29) is 24.0 Å². The maximum atomic E-state index is 10.5. The second kappa shape index (κ2) is 5.93. The Bertz CT molecular complexity index is 615. The fourth-order valence-electron chi connectivity index (χ4n) is 1.49. The second-order valence-corrected chi connectivity index (χ2v) is 3.83. The van der Waals surface area contributed by atoms with Crippen LogP contribution in [0.2, 0.25) is 0 Å². The Hall–Kier alpha value is -2.74. The van der Waals surface area contributed by atoms with Crippen LogP contribution < -0.4 is 10.5 Å². The van der Waals surface area contributed by atoms with E-state index in [1.807, 2.05) is 0 Å². The number of methoxy groups -OCH3 is 1. The first-order valence-electron chi connectivity index (χ1n) is 5.63. The van der Waals surface area contributed by atoms with Gasteiger partial charge >= 0.3 is 0 Å². The van der Waals surface area contributed by atoms with Crippen molar-refractivity contribution in [3.05, 3.63) is 46.3 Å². The molecule has 2 rings (SSSR count). The van der Waals surface area contributed by atoms with Crippen LogP contribution in [-0.2, 0) is 11.3 Å². The number of rotatable bonds is 5. The van der Waals surface area contributed by atoms with Gasteiger partial charge in [0.1, 0.15) is 18.2 Å². The molecule has 0 unspecified atom stereocenters. The van der Waals surface area contributed by atoms with Crippen LogP contribution in [-0.4, -0.2) is 22.0 Å². The zero-order valence-electron chi connectivity index (χ0n) is 10.6. The summed E-state index contributed by atoms with van der Waals surface area (Å²) < 4.78 is 10.4. The minimum absolute atomic E-state index is 0.0142. The van der Waals surface area contributed by atoms with Crippen molar-refractivity contribution in [1.82, 2.24) is 9.97 Å². The first-order valence-corrected chi connectivity index (χ1v) is 5.63. The molecule has 0 radical (unpaired) electrons. The average molecular weight is 276 g/mol. The zero-order valence-corrected chi connectivity index (χ0v) is 10.6. The van der Waals surface area contributed by atoms with Gasteiger partial charge in [-0.05, 0) is 12.1 Å². The van der Waals surface area contributed by atoms with Crippen molar-refractivity contribution in [2.24, 2.45) is 0 Å². The van der Waals surface area contributed by atoms with E-state index in [4.69, 9.17) is 15.2 Å². The summed E-state index contributed by atoms with van der Waals surface area (Å²) in [5.74, 6) is 1.31. The first-order chi connectivity index (χ1) is 9.58. The number of ether oxygens (including phenoxy) is 2. The molecule has 104 valence electrons. The Morgan fingerprint density at radius 2 is 2.00 bits per heavy atom. The molecule has 0 aliphatic carbocycles. The molecule has 0 saturated carbocycles. The summed E-state index contributed by atoms with van der Waals surface area (Å²) >= 11 is 0. The maximum absolute atomic E-state index is 10.5. The lowest BCUT2D eigenvalue weighted by Gasteiger charge is -2.07. The Morgan fingerprint density at radius 1 is 1.30 bits per heavy atom. The van der Waals surface area contributed by atoms with Crippen molar-refractivity contribution in [1.29, 1.82) is 0 Å². The molecule has 0 saturated heterocycles. The van der Waals surface area contributed by atoms with Crippen LogP contribution in [0.25, 0.3) is 0 Å². The standard InChI is InChI=1S/C12H12N4O4/c1-19-7-11-14-10(13)6-12(15-11)20-9-4-2-8(3-5-9)16(17)18/h2-6H,7H2,1H3,(H2,13,14,15). The number of nitrogens with two attached hydrogens (primary N) is 1. The summed E-state index contributed by atoms with van der Waals surface area (Å²) in [6.45, 7) is 0.210. The van der Waals surface area contributed by atoms with Crippen molar-refractivity contribution in [3.8, 4) is 11.6 Å². The summed E-state index contributed by atoms with van der Waals surface area (Å²) in [6.07, 6.45) is 0. The number of aromatic nitrogens is 2. The van der Waals surface area contributed by atoms with Crippen LogP contribution >= 0.6 is 0 Å². The minimum Gasteiger partial charge on any atom is -0.439 e. The van der Waals surface area contributed by atoms with E-state index in [0.717, 1.165) is 0 Å². The fraction of sp³-hybridized carbons (Fsp3) is 0.167. The van der Waals surface area contributed by atoms with Gasteiger partial charge in [-0.25, -0.2) is 4.98 Å². The molecular weight excluding hydrogens is 264 g/mol. The van der Waals surface area contributed by atoms with Gasteiger partial charge in [0.25, 0.3) is 5.69 Å². The fourth-order valence-corrected chi connectivity index (χ4v) is 1.49. The summed E-state index contributed by atoms with van der Waals surface area (Å²) in [5.41, 5.74) is 5.62. The number of hydrogen-bond acceptors (Lipinski definition) is 7. The minimum atomic E-state index is -0.483. The van der Waals surface area contributed by atoms with E-state index < -0.39 is 4.92 Å².